The molecule has 1 aromatic heterocycles. The third kappa shape index (κ3) is 2.39. The van der Waals surface area contributed by atoms with Gasteiger partial charge in [0.25, 0.3) is 0 Å². The van der Waals surface area contributed by atoms with Crippen LogP contribution in [0.25, 0.3) is 15.7 Å². The normalized spacial score (nSPS) is 12.0. The molecule has 0 aliphatic carbocycles. The molecule has 2 aromatic rings. The van der Waals surface area contributed by atoms with Gasteiger partial charge in [-0.3, -0.25) is 5.41 Å². The summed E-state index contributed by atoms with van der Waals surface area (Å²) in [6.07, 6.45) is 3.27. The van der Waals surface area contributed by atoms with Crippen LogP contribution in [0.5, 0.6) is 0 Å². The van der Waals surface area contributed by atoms with Crippen molar-refractivity contribution in [3.05, 3.63) is 40.8 Å². The number of fused-ring (bicyclic) bond motifs is 1. The first kappa shape index (κ1) is 11.9. The fourth-order valence-electron chi connectivity index (χ4n) is 1.85. The molecule has 0 saturated carbocycles. The Morgan fingerprint density at radius 2 is 2.18 bits per heavy atom. The van der Waals surface area contributed by atoms with Crippen LogP contribution in [0.2, 0.25) is 0 Å². The molecule has 0 aliphatic heterocycles. The Balaban J connectivity index is 2.50. The number of hydrogen-bond acceptors (Lipinski definition) is 2. The molecule has 2 nitrogen and oxygen atoms in total. The van der Waals surface area contributed by atoms with Crippen molar-refractivity contribution >= 4 is 32.8 Å². The average molecular weight is 244 g/mol. The molecule has 0 unspecified atom stereocenters. The van der Waals surface area contributed by atoms with E-state index in [0.717, 1.165) is 11.3 Å². The number of rotatable bonds is 3. The predicted octanol–water partition coefficient (Wildman–Crippen LogP) is 4.00. The van der Waals surface area contributed by atoms with Crippen molar-refractivity contribution in [1.29, 1.82) is 5.41 Å². The Morgan fingerprint density at radius 1 is 1.41 bits per heavy atom. The van der Waals surface area contributed by atoms with E-state index in [1.807, 2.05) is 6.07 Å². The minimum Gasteiger partial charge on any atom is -0.383 e. The van der Waals surface area contributed by atoms with Crippen LogP contribution in [-0.4, -0.2) is 5.84 Å². The Bertz CT molecular complexity index is 593. The van der Waals surface area contributed by atoms with Crippen LogP contribution < -0.4 is 5.73 Å². The number of allylic oxidation sites excluding steroid dienone is 2. The number of nitrogens with two attached hydrogens (primary N) is 1. The van der Waals surface area contributed by atoms with E-state index in [1.54, 1.807) is 11.3 Å². The summed E-state index contributed by atoms with van der Waals surface area (Å²) in [5, 5.41) is 8.62. The molecule has 0 radical (unpaired) electrons. The Kier molecular flexibility index (Phi) is 3.29. The molecule has 0 atom stereocenters. The van der Waals surface area contributed by atoms with E-state index >= 15 is 0 Å². The molecule has 0 bridgehead atoms. The number of benzene rings is 1. The van der Waals surface area contributed by atoms with E-state index in [1.165, 1.54) is 21.2 Å². The second kappa shape index (κ2) is 4.72. The third-order valence-corrected chi connectivity index (χ3v) is 3.90. The van der Waals surface area contributed by atoms with Crippen LogP contribution in [0.1, 0.15) is 30.7 Å². The maximum absolute atomic E-state index is 7.45. The molecule has 0 fully saturated rings. The number of nitrogen functional groups attached to an aromatic ring is 1. The largest absolute Gasteiger partial charge is 0.383 e. The minimum absolute atomic E-state index is 0.147. The van der Waals surface area contributed by atoms with Crippen molar-refractivity contribution in [1.82, 2.24) is 0 Å². The first-order valence-corrected chi connectivity index (χ1v) is 6.48. The maximum atomic E-state index is 7.45. The van der Waals surface area contributed by atoms with Crippen LogP contribution in [0, 0.1) is 5.41 Å². The molecule has 17 heavy (non-hydrogen) atoms. The van der Waals surface area contributed by atoms with Crippen LogP contribution in [-0.2, 0) is 0 Å². The summed E-state index contributed by atoms with van der Waals surface area (Å²) >= 11 is 1.57. The van der Waals surface area contributed by atoms with Crippen molar-refractivity contribution in [2.45, 2.75) is 20.3 Å². The van der Waals surface area contributed by atoms with Crippen molar-refractivity contribution < 1.29 is 0 Å². The summed E-state index contributed by atoms with van der Waals surface area (Å²) in [6, 6.07) is 8.39. The van der Waals surface area contributed by atoms with E-state index in [0.29, 0.717) is 0 Å². The van der Waals surface area contributed by atoms with Crippen LogP contribution >= 0.6 is 11.3 Å². The summed E-state index contributed by atoms with van der Waals surface area (Å²) in [5.74, 6) is 0.147. The predicted molar refractivity (Wildman–Crippen MR) is 76.8 cm³/mol. The van der Waals surface area contributed by atoms with Gasteiger partial charge in [-0.05, 0) is 48.1 Å². The Hall–Kier alpha value is -1.61. The summed E-state index contributed by atoms with van der Waals surface area (Å²) in [6.45, 7) is 4.27. The number of hydrogen-bond donors (Lipinski definition) is 2. The zero-order valence-electron chi connectivity index (χ0n) is 10.1. The van der Waals surface area contributed by atoms with Crippen LogP contribution in [0.4, 0.5) is 0 Å². The molecule has 1 aromatic carbocycles. The molecular weight excluding hydrogens is 228 g/mol. The van der Waals surface area contributed by atoms with E-state index < -0.39 is 0 Å². The first-order chi connectivity index (χ1) is 8.11. The Labute approximate surface area is 105 Å². The van der Waals surface area contributed by atoms with Gasteiger partial charge in [0.05, 0.1) is 4.88 Å². The molecule has 0 amide bonds. The molecule has 0 aliphatic rings. The zero-order chi connectivity index (χ0) is 12.4. The van der Waals surface area contributed by atoms with Crippen molar-refractivity contribution in [2.24, 2.45) is 5.73 Å². The first-order valence-electron chi connectivity index (χ1n) is 5.67. The molecule has 88 valence electrons. The number of nitrogens with one attached hydrogen (secondary N) is 1. The second-order valence-corrected chi connectivity index (χ2v) is 5.16. The lowest BCUT2D eigenvalue weighted by molar-refractivity contribution is 1.22. The molecule has 0 spiro atoms. The smallest absolute Gasteiger partial charge is 0.133 e. The Morgan fingerprint density at radius 3 is 2.82 bits per heavy atom. The highest BCUT2D eigenvalue weighted by Gasteiger charge is 2.05. The number of amidine groups is 1. The summed E-state index contributed by atoms with van der Waals surface area (Å²) in [4.78, 5) is 0.842. The monoisotopic (exact) mass is 244 g/mol. The summed E-state index contributed by atoms with van der Waals surface area (Å²) in [5.41, 5.74) is 8.04. The van der Waals surface area contributed by atoms with Gasteiger partial charge in [0.2, 0.25) is 0 Å². The molecule has 0 saturated heterocycles. The highest BCUT2D eigenvalue weighted by atomic mass is 32.1. The lowest BCUT2D eigenvalue weighted by Crippen LogP contribution is -2.08. The van der Waals surface area contributed by atoms with Gasteiger partial charge in [-0.25, -0.2) is 0 Å². The molecule has 3 N–H and O–H groups in total. The van der Waals surface area contributed by atoms with Crippen molar-refractivity contribution in [3.63, 3.8) is 0 Å². The average Bonchev–Trinajstić information content (AvgIpc) is 2.71. The van der Waals surface area contributed by atoms with Gasteiger partial charge in [-0.1, -0.05) is 19.1 Å². The van der Waals surface area contributed by atoms with Gasteiger partial charge >= 0.3 is 0 Å². The van der Waals surface area contributed by atoms with Crippen LogP contribution in [0.15, 0.2) is 30.3 Å². The third-order valence-electron chi connectivity index (χ3n) is 2.75. The highest BCUT2D eigenvalue weighted by Crippen LogP contribution is 2.28. The molecular formula is C14H16N2S. The van der Waals surface area contributed by atoms with E-state index in [-0.39, 0.29) is 5.84 Å². The van der Waals surface area contributed by atoms with E-state index in [2.05, 4.69) is 38.1 Å². The van der Waals surface area contributed by atoms with E-state index in [4.69, 9.17) is 11.1 Å². The molecule has 2 rings (SSSR count). The van der Waals surface area contributed by atoms with Gasteiger partial charge in [-0.2, -0.15) is 0 Å². The molecule has 1 heterocycles. The second-order valence-electron chi connectivity index (χ2n) is 4.07. The standard InChI is InChI=1S/C14H16N2S/c1-3-4-9(2)10-5-6-12-11(7-10)8-13(17-12)14(15)16/h4-8H,3H2,1-2H3,(H3,15,16). The topological polar surface area (TPSA) is 49.9 Å². The van der Waals surface area contributed by atoms with Gasteiger partial charge in [0, 0.05) is 4.70 Å². The molecule has 3 heteroatoms. The zero-order valence-corrected chi connectivity index (χ0v) is 10.9. The number of thiophene rings is 1. The highest BCUT2D eigenvalue weighted by molar-refractivity contribution is 7.20. The summed E-state index contributed by atoms with van der Waals surface area (Å²) in [7, 11) is 0. The minimum atomic E-state index is 0.147. The lowest BCUT2D eigenvalue weighted by atomic mass is 10.0. The van der Waals surface area contributed by atoms with Gasteiger partial charge in [0.1, 0.15) is 5.84 Å². The lowest BCUT2D eigenvalue weighted by Gasteiger charge is -2.01. The summed E-state index contributed by atoms with van der Waals surface area (Å²) < 4.78 is 1.18. The van der Waals surface area contributed by atoms with Gasteiger partial charge < -0.3 is 5.73 Å². The van der Waals surface area contributed by atoms with Crippen molar-refractivity contribution in [3.8, 4) is 0 Å². The fraction of sp³-hybridized carbons (Fsp3) is 0.214. The van der Waals surface area contributed by atoms with E-state index in [9.17, 15) is 0 Å². The SMILES string of the molecule is CCC=C(C)c1ccc2sc(C(=N)N)cc2c1. The van der Waals surface area contributed by atoms with Gasteiger partial charge in [-0.15, -0.1) is 11.3 Å². The fourth-order valence-corrected chi connectivity index (χ4v) is 2.75. The quantitative estimate of drug-likeness (QED) is 0.622. The maximum Gasteiger partial charge on any atom is 0.133 e. The van der Waals surface area contributed by atoms with Crippen LogP contribution in [0.3, 0.4) is 0 Å². The van der Waals surface area contributed by atoms with Gasteiger partial charge in [0.15, 0.2) is 0 Å². The van der Waals surface area contributed by atoms with Crippen molar-refractivity contribution in [2.75, 3.05) is 0 Å².